The second kappa shape index (κ2) is 4.13. The maximum Gasteiger partial charge on any atom is 0.250 e. The van der Waals surface area contributed by atoms with Crippen LogP contribution in [0.3, 0.4) is 0 Å². The molecule has 1 aromatic heterocycles. The van der Waals surface area contributed by atoms with Gasteiger partial charge in [0.1, 0.15) is 0 Å². The van der Waals surface area contributed by atoms with Gasteiger partial charge in [0.2, 0.25) is 5.92 Å². The third-order valence-corrected chi connectivity index (χ3v) is 3.12. The van der Waals surface area contributed by atoms with Crippen molar-refractivity contribution in [2.24, 2.45) is 5.73 Å². The van der Waals surface area contributed by atoms with Crippen LogP contribution in [-0.2, 0) is 0 Å². The quantitative estimate of drug-likeness (QED) is 0.847. The molecule has 1 aliphatic carbocycles. The van der Waals surface area contributed by atoms with Crippen molar-refractivity contribution >= 4 is 0 Å². The Morgan fingerprint density at radius 3 is 2.94 bits per heavy atom. The topological polar surface area (TPSA) is 43.8 Å². The fraction of sp³-hybridized carbons (Fsp3) is 0.727. The molecule has 2 N–H and O–H groups in total. The molecule has 1 aliphatic rings. The molecule has 0 amide bonds. The molecule has 0 aromatic carbocycles. The highest BCUT2D eigenvalue weighted by atomic mass is 19.3. The number of nitrogens with zero attached hydrogens (tertiary/aromatic N) is 2. The normalized spacial score (nSPS) is 26.6. The molecule has 16 heavy (non-hydrogen) atoms. The second-order valence-electron chi connectivity index (χ2n) is 4.64. The highest BCUT2D eigenvalue weighted by Gasteiger charge is 2.36. The molecule has 1 unspecified atom stereocenters. The number of nitrogens with two attached hydrogens (primary N) is 1. The highest BCUT2D eigenvalue weighted by molar-refractivity contribution is 5.03. The van der Waals surface area contributed by atoms with Crippen LogP contribution in [0.15, 0.2) is 12.5 Å². The smallest absolute Gasteiger partial charge is 0.250 e. The predicted molar refractivity (Wildman–Crippen MR) is 57.3 cm³/mol. The van der Waals surface area contributed by atoms with E-state index >= 15 is 0 Å². The molecule has 0 radical (unpaired) electrons. The van der Waals surface area contributed by atoms with E-state index in [2.05, 4.69) is 4.98 Å². The zero-order chi connectivity index (χ0) is 11.8. The number of halogens is 2. The summed E-state index contributed by atoms with van der Waals surface area (Å²) in [7, 11) is 0. The van der Waals surface area contributed by atoms with Crippen molar-refractivity contribution in [1.29, 1.82) is 0 Å². The summed E-state index contributed by atoms with van der Waals surface area (Å²) in [5.41, 5.74) is 6.44. The van der Waals surface area contributed by atoms with Crippen molar-refractivity contribution in [3.05, 3.63) is 18.2 Å². The SMILES string of the molecule is C[C@H](N)c1cn(C2CCCC(F)(F)C2)cn1. The fourth-order valence-electron chi connectivity index (χ4n) is 2.19. The Morgan fingerprint density at radius 1 is 1.62 bits per heavy atom. The van der Waals surface area contributed by atoms with Gasteiger partial charge in [-0.3, -0.25) is 0 Å². The number of hydrogen-bond donors (Lipinski definition) is 1. The number of imidazole rings is 1. The van der Waals surface area contributed by atoms with Crippen molar-refractivity contribution in [3.8, 4) is 0 Å². The summed E-state index contributed by atoms with van der Waals surface area (Å²) >= 11 is 0. The van der Waals surface area contributed by atoms with Gasteiger partial charge in [-0.2, -0.15) is 0 Å². The van der Waals surface area contributed by atoms with E-state index in [1.54, 1.807) is 17.1 Å². The number of aromatic nitrogens is 2. The summed E-state index contributed by atoms with van der Waals surface area (Å²) in [6.07, 6.45) is 4.70. The molecule has 1 heterocycles. The monoisotopic (exact) mass is 229 g/mol. The van der Waals surface area contributed by atoms with E-state index in [9.17, 15) is 8.78 Å². The molecule has 1 aromatic rings. The van der Waals surface area contributed by atoms with Crippen LogP contribution in [-0.4, -0.2) is 15.5 Å². The lowest BCUT2D eigenvalue weighted by Gasteiger charge is -2.29. The molecule has 0 bridgehead atoms. The summed E-state index contributed by atoms with van der Waals surface area (Å²) in [5.74, 6) is -2.53. The van der Waals surface area contributed by atoms with E-state index in [0.717, 1.165) is 12.1 Å². The van der Waals surface area contributed by atoms with Crippen LogP contribution in [0.4, 0.5) is 8.78 Å². The minimum absolute atomic E-state index is 0.0122. The fourth-order valence-corrected chi connectivity index (χ4v) is 2.19. The van der Waals surface area contributed by atoms with Gasteiger partial charge in [0, 0.05) is 31.1 Å². The minimum atomic E-state index is -2.53. The van der Waals surface area contributed by atoms with Gasteiger partial charge < -0.3 is 10.3 Å². The first-order valence-electron chi connectivity index (χ1n) is 5.65. The van der Waals surface area contributed by atoms with Gasteiger partial charge in [-0.1, -0.05) is 0 Å². The first kappa shape index (κ1) is 11.5. The van der Waals surface area contributed by atoms with Crippen LogP contribution in [0, 0.1) is 0 Å². The van der Waals surface area contributed by atoms with Crippen LogP contribution < -0.4 is 5.73 Å². The number of hydrogen-bond acceptors (Lipinski definition) is 2. The van der Waals surface area contributed by atoms with Crippen LogP contribution in [0.1, 0.15) is 50.4 Å². The molecule has 3 nitrogen and oxygen atoms in total. The second-order valence-corrected chi connectivity index (χ2v) is 4.64. The van der Waals surface area contributed by atoms with Gasteiger partial charge >= 0.3 is 0 Å². The van der Waals surface area contributed by atoms with Crippen LogP contribution in [0.5, 0.6) is 0 Å². The van der Waals surface area contributed by atoms with Crippen molar-refractivity contribution < 1.29 is 8.78 Å². The van der Waals surface area contributed by atoms with Gasteiger partial charge in [0.05, 0.1) is 12.0 Å². The summed E-state index contributed by atoms with van der Waals surface area (Å²) in [5, 5.41) is 0. The van der Waals surface area contributed by atoms with E-state index < -0.39 is 5.92 Å². The summed E-state index contributed by atoms with van der Waals surface area (Å²) in [6, 6.07) is -0.283. The molecular formula is C11H17F2N3. The molecule has 2 atom stereocenters. The maximum absolute atomic E-state index is 13.2. The van der Waals surface area contributed by atoms with E-state index in [1.165, 1.54) is 0 Å². The largest absolute Gasteiger partial charge is 0.334 e. The van der Waals surface area contributed by atoms with E-state index in [4.69, 9.17) is 5.73 Å². The zero-order valence-corrected chi connectivity index (χ0v) is 9.37. The minimum Gasteiger partial charge on any atom is -0.334 e. The van der Waals surface area contributed by atoms with Crippen molar-refractivity contribution in [2.45, 2.75) is 50.6 Å². The van der Waals surface area contributed by atoms with Gasteiger partial charge in [0.25, 0.3) is 0 Å². The van der Waals surface area contributed by atoms with Crippen LogP contribution >= 0.6 is 0 Å². The van der Waals surface area contributed by atoms with Crippen molar-refractivity contribution in [2.75, 3.05) is 0 Å². The van der Waals surface area contributed by atoms with Gasteiger partial charge in [0.15, 0.2) is 0 Å². The lowest BCUT2D eigenvalue weighted by molar-refractivity contribution is -0.0496. The Labute approximate surface area is 93.7 Å². The zero-order valence-electron chi connectivity index (χ0n) is 9.37. The number of rotatable bonds is 2. The Hall–Kier alpha value is -0.970. The lowest BCUT2D eigenvalue weighted by Crippen LogP contribution is -2.27. The van der Waals surface area contributed by atoms with E-state index in [0.29, 0.717) is 6.42 Å². The van der Waals surface area contributed by atoms with Crippen molar-refractivity contribution in [1.82, 2.24) is 9.55 Å². The van der Waals surface area contributed by atoms with Crippen LogP contribution in [0.2, 0.25) is 0 Å². The molecule has 1 fully saturated rings. The molecule has 2 rings (SSSR count). The third kappa shape index (κ3) is 2.40. The number of alkyl halides is 2. The van der Waals surface area contributed by atoms with Crippen LogP contribution in [0.25, 0.3) is 0 Å². The Balaban J connectivity index is 2.11. The van der Waals surface area contributed by atoms with E-state index in [-0.39, 0.29) is 24.9 Å². The first-order valence-corrected chi connectivity index (χ1v) is 5.65. The molecular weight excluding hydrogens is 212 g/mol. The first-order chi connectivity index (χ1) is 7.48. The molecule has 5 heteroatoms. The third-order valence-electron chi connectivity index (χ3n) is 3.12. The maximum atomic E-state index is 13.2. The average molecular weight is 229 g/mol. The molecule has 90 valence electrons. The summed E-state index contributed by atoms with van der Waals surface area (Å²) in [6.45, 7) is 1.84. The van der Waals surface area contributed by atoms with E-state index in [1.807, 2.05) is 6.92 Å². The lowest BCUT2D eigenvalue weighted by atomic mass is 9.92. The van der Waals surface area contributed by atoms with Gasteiger partial charge in [-0.15, -0.1) is 0 Å². The van der Waals surface area contributed by atoms with Gasteiger partial charge in [-0.25, -0.2) is 13.8 Å². The Bertz CT molecular complexity index is 360. The average Bonchev–Trinajstić information content (AvgIpc) is 2.64. The predicted octanol–water partition coefficient (Wildman–Crippen LogP) is 2.65. The molecule has 0 saturated heterocycles. The van der Waals surface area contributed by atoms with Crippen molar-refractivity contribution in [3.63, 3.8) is 0 Å². The molecule has 0 spiro atoms. The Kier molecular flexibility index (Phi) is 2.97. The standard InChI is InChI=1S/C11H17F2N3/c1-8(14)10-6-16(7-15-10)9-3-2-4-11(12,13)5-9/h6-9H,2-5,14H2,1H3/t8-,9?/m0/s1. The Morgan fingerprint density at radius 2 is 2.38 bits per heavy atom. The highest BCUT2D eigenvalue weighted by Crippen LogP contribution is 2.39. The summed E-state index contributed by atoms with van der Waals surface area (Å²) in [4.78, 5) is 4.13. The molecule has 0 aliphatic heterocycles. The summed E-state index contributed by atoms with van der Waals surface area (Å²) < 4.78 is 28.3. The molecule has 1 saturated carbocycles. The van der Waals surface area contributed by atoms with Gasteiger partial charge in [-0.05, 0) is 19.8 Å².